The summed E-state index contributed by atoms with van der Waals surface area (Å²) >= 11 is 5.99. The second-order valence-electron chi connectivity index (χ2n) is 5.24. The molecule has 17 heavy (non-hydrogen) atoms. The first-order chi connectivity index (χ1) is 7.90. The SMILES string of the molecule is CCNC(c1ccc(Cl)cc1OC)C(C)(C)C. The molecular weight excluding hydrogens is 234 g/mol. The molecule has 0 aliphatic carbocycles. The highest BCUT2D eigenvalue weighted by Crippen LogP contribution is 2.38. The third kappa shape index (κ3) is 3.62. The normalized spacial score (nSPS) is 13.5. The lowest BCUT2D eigenvalue weighted by molar-refractivity contribution is 0.268. The lowest BCUT2D eigenvalue weighted by Crippen LogP contribution is -2.32. The maximum Gasteiger partial charge on any atom is 0.125 e. The highest BCUT2D eigenvalue weighted by molar-refractivity contribution is 6.30. The molecule has 0 saturated carbocycles. The summed E-state index contributed by atoms with van der Waals surface area (Å²) in [6.07, 6.45) is 0. The summed E-state index contributed by atoms with van der Waals surface area (Å²) in [5.41, 5.74) is 1.28. The zero-order valence-corrected chi connectivity index (χ0v) is 12.1. The van der Waals surface area contributed by atoms with E-state index in [4.69, 9.17) is 16.3 Å². The predicted octanol–water partition coefficient (Wildman–Crippen LogP) is 4.05. The van der Waals surface area contributed by atoms with Gasteiger partial charge in [-0.05, 0) is 24.1 Å². The van der Waals surface area contributed by atoms with Crippen LogP contribution < -0.4 is 10.1 Å². The Balaban J connectivity index is 3.18. The summed E-state index contributed by atoms with van der Waals surface area (Å²) < 4.78 is 5.42. The van der Waals surface area contributed by atoms with Crippen LogP contribution in [0, 0.1) is 5.41 Å². The molecule has 0 amide bonds. The molecule has 0 aromatic heterocycles. The smallest absolute Gasteiger partial charge is 0.125 e. The van der Waals surface area contributed by atoms with Crippen molar-refractivity contribution in [2.45, 2.75) is 33.7 Å². The van der Waals surface area contributed by atoms with Crippen molar-refractivity contribution in [2.75, 3.05) is 13.7 Å². The molecule has 2 nitrogen and oxygen atoms in total. The minimum absolute atomic E-state index is 0.122. The highest BCUT2D eigenvalue weighted by atomic mass is 35.5. The van der Waals surface area contributed by atoms with Crippen molar-refractivity contribution in [3.8, 4) is 5.75 Å². The van der Waals surface area contributed by atoms with Gasteiger partial charge >= 0.3 is 0 Å². The van der Waals surface area contributed by atoms with Gasteiger partial charge in [0.1, 0.15) is 5.75 Å². The van der Waals surface area contributed by atoms with Crippen LogP contribution >= 0.6 is 11.6 Å². The topological polar surface area (TPSA) is 21.3 Å². The Kier molecular flexibility index (Phi) is 4.84. The fourth-order valence-corrected chi connectivity index (χ4v) is 2.17. The molecule has 0 radical (unpaired) electrons. The fourth-order valence-electron chi connectivity index (χ4n) is 2.01. The quantitative estimate of drug-likeness (QED) is 0.877. The molecule has 1 unspecified atom stereocenters. The lowest BCUT2D eigenvalue weighted by atomic mass is 9.82. The van der Waals surface area contributed by atoms with Crippen LogP contribution in [-0.2, 0) is 0 Å². The van der Waals surface area contributed by atoms with Gasteiger partial charge in [-0.25, -0.2) is 0 Å². The van der Waals surface area contributed by atoms with Crippen LogP contribution in [-0.4, -0.2) is 13.7 Å². The molecular formula is C14H22ClNO. The molecule has 0 aliphatic rings. The second-order valence-corrected chi connectivity index (χ2v) is 5.68. The van der Waals surface area contributed by atoms with Gasteiger partial charge in [0.2, 0.25) is 0 Å². The van der Waals surface area contributed by atoms with Gasteiger partial charge < -0.3 is 10.1 Å². The molecule has 1 N–H and O–H groups in total. The number of ether oxygens (including phenoxy) is 1. The molecule has 0 aliphatic heterocycles. The summed E-state index contributed by atoms with van der Waals surface area (Å²) in [4.78, 5) is 0. The number of nitrogens with one attached hydrogen (secondary N) is 1. The van der Waals surface area contributed by atoms with Crippen molar-refractivity contribution < 1.29 is 4.74 Å². The van der Waals surface area contributed by atoms with Gasteiger partial charge in [0.25, 0.3) is 0 Å². The minimum atomic E-state index is 0.122. The van der Waals surface area contributed by atoms with Gasteiger partial charge in [0.05, 0.1) is 7.11 Å². The zero-order valence-electron chi connectivity index (χ0n) is 11.3. The van der Waals surface area contributed by atoms with Gasteiger partial charge in [-0.2, -0.15) is 0 Å². The van der Waals surface area contributed by atoms with E-state index in [-0.39, 0.29) is 11.5 Å². The van der Waals surface area contributed by atoms with Crippen LogP contribution in [0.25, 0.3) is 0 Å². The van der Waals surface area contributed by atoms with Crippen LogP contribution in [0.1, 0.15) is 39.3 Å². The van der Waals surface area contributed by atoms with Gasteiger partial charge in [-0.1, -0.05) is 45.4 Å². The second kappa shape index (κ2) is 5.74. The Bertz CT molecular complexity index is 371. The van der Waals surface area contributed by atoms with Crippen molar-refractivity contribution in [1.82, 2.24) is 5.32 Å². The van der Waals surface area contributed by atoms with Crippen molar-refractivity contribution in [3.05, 3.63) is 28.8 Å². The number of methoxy groups -OCH3 is 1. The summed E-state index contributed by atoms with van der Waals surface area (Å²) in [6.45, 7) is 9.69. The van der Waals surface area contributed by atoms with Crippen LogP contribution in [0.3, 0.4) is 0 Å². The molecule has 1 aromatic rings. The Hall–Kier alpha value is -0.730. The third-order valence-corrected chi connectivity index (χ3v) is 3.02. The van der Waals surface area contributed by atoms with Crippen LogP contribution in [0.15, 0.2) is 18.2 Å². The average molecular weight is 256 g/mol. The van der Waals surface area contributed by atoms with Crippen molar-refractivity contribution in [3.63, 3.8) is 0 Å². The number of hydrogen-bond acceptors (Lipinski definition) is 2. The minimum Gasteiger partial charge on any atom is -0.496 e. The van der Waals surface area contributed by atoms with E-state index in [1.54, 1.807) is 7.11 Å². The zero-order chi connectivity index (χ0) is 13.1. The molecule has 1 aromatic carbocycles. The molecule has 0 heterocycles. The number of halogens is 1. The van der Waals surface area contributed by atoms with Crippen molar-refractivity contribution in [1.29, 1.82) is 0 Å². The Labute approximate surface area is 109 Å². The predicted molar refractivity (Wildman–Crippen MR) is 73.9 cm³/mol. The van der Waals surface area contributed by atoms with E-state index in [0.717, 1.165) is 17.9 Å². The molecule has 3 heteroatoms. The Morgan fingerprint density at radius 2 is 2.00 bits per heavy atom. The third-order valence-electron chi connectivity index (χ3n) is 2.78. The molecule has 1 atom stereocenters. The maximum absolute atomic E-state index is 5.99. The standard InChI is InChI=1S/C14H22ClNO/c1-6-16-13(14(2,3)4)11-8-7-10(15)9-12(11)17-5/h7-9,13,16H,6H2,1-5H3. The van der Waals surface area contributed by atoms with E-state index in [1.165, 1.54) is 0 Å². The summed E-state index contributed by atoms with van der Waals surface area (Å²) in [5, 5.41) is 4.21. The van der Waals surface area contributed by atoms with E-state index in [1.807, 2.05) is 18.2 Å². The number of hydrogen-bond donors (Lipinski definition) is 1. The molecule has 96 valence electrons. The molecule has 0 bridgehead atoms. The lowest BCUT2D eigenvalue weighted by Gasteiger charge is -2.32. The summed E-state index contributed by atoms with van der Waals surface area (Å²) in [6, 6.07) is 6.07. The molecule has 1 rings (SSSR count). The fraction of sp³-hybridized carbons (Fsp3) is 0.571. The molecule has 0 fully saturated rings. The maximum atomic E-state index is 5.99. The molecule has 0 spiro atoms. The van der Waals surface area contributed by atoms with Crippen molar-refractivity contribution >= 4 is 11.6 Å². The van der Waals surface area contributed by atoms with E-state index in [2.05, 4.69) is 33.0 Å². The van der Waals surface area contributed by atoms with Crippen molar-refractivity contribution in [2.24, 2.45) is 5.41 Å². The van der Waals surface area contributed by atoms with Crippen LogP contribution in [0.4, 0.5) is 0 Å². The number of benzene rings is 1. The van der Waals surface area contributed by atoms with Gasteiger partial charge in [0, 0.05) is 16.6 Å². The average Bonchev–Trinajstić information content (AvgIpc) is 2.25. The van der Waals surface area contributed by atoms with E-state index in [0.29, 0.717) is 5.02 Å². The van der Waals surface area contributed by atoms with Crippen LogP contribution in [0.5, 0.6) is 5.75 Å². The van der Waals surface area contributed by atoms with Gasteiger partial charge in [-0.3, -0.25) is 0 Å². The van der Waals surface area contributed by atoms with Gasteiger partial charge in [0.15, 0.2) is 0 Å². The van der Waals surface area contributed by atoms with Crippen LogP contribution in [0.2, 0.25) is 5.02 Å². The molecule has 0 saturated heterocycles. The monoisotopic (exact) mass is 255 g/mol. The Morgan fingerprint density at radius 3 is 2.47 bits per heavy atom. The first-order valence-electron chi connectivity index (χ1n) is 5.97. The van der Waals surface area contributed by atoms with E-state index >= 15 is 0 Å². The summed E-state index contributed by atoms with van der Waals surface area (Å²) in [7, 11) is 1.68. The van der Waals surface area contributed by atoms with E-state index in [9.17, 15) is 0 Å². The van der Waals surface area contributed by atoms with Gasteiger partial charge in [-0.15, -0.1) is 0 Å². The highest BCUT2D eigenvalue weighted by Gasteiger charge is 2.27. The number of rotatable bonds is 4. The van der Waals surface area contributed by atoms with E-state index < -0.39 is 0 Å². The summed E-state index contributed by atoms with van der Waals surface area (Å²) in [5.74, 6) is 0.846. The first-order valence-corrected chi connectivity index (χ1v) is 6.34. The first kappa shape index (κ1) is 14.3. The largest absolute Gasteiger partial charge is 0.496 e. The Morgan fingerprint density at radius 1 is 1.35 bits per heavy atom.